The Kier molecular flexibility index (Phi) is 2.66. The van der Waals surface area contributed by atoms with Gasteiger partial charge in [0, 0.05) is 25.8 Å². The summed E-state index contributed by atoms with van der Waals surface area (Å²) < 4.78 is 5.12. The molecule has 0 aromatic heterocycles. The zero-order valence-electron chi connectivity index (χ0n) is 7.88. The number of piperidine rings is 1. The summed E-state index contributed by atoms with van der Waals surface area (Å²) in [6.45, 7) is 0.949. The first-order chi connectivity index (χ1) is 5.88. The summed E-state index contributed by atoms with van der Waals surface area (Å²) in [6.07, 6.45) is 6.87. The highest BCUT2D eigenvalue weighted by molar-refractivity contribution is 4.91. The van der Waals surface area contributed by atoms with E-state index in [0.717, 1.165) is 24.6 Å². The number of hydrogen-bond acceptors (Lipinski definition) is 2. The second kappa shape index (κ2) is 3.75. The van der Waals surface area contributed by atoms with Crippen molar-refractivity contribution in [1.82, 2.24) is 5.32 Å². The molecule has 2 heterocycles. The molecule has 12 heavy (non-hydrogen) atoms. The van der Waals surface area contributed by atoms with Crippen LogP contribution >= 0.6 is 0 Å². The van der Waals surface area contributed by atoms with Gasteiger partial charge in [-0.25, -0.2) is 0 Å². The molecular weight excluding hydrogens is 150 g/mol. The van der Waals surface area contributed by atoms with E-state index in [1.54, 1.807) is 7.11 Å². The third-order valence-corrected chi connectivity index (χ3v) is 3.30. The Labute approximate surface area is 74.7 Å². The minimum absolute atomic E-state index is 0.839. The van der Waals surface area contributed by atoms with Crippen molar-refractivity contribution in [3.8, 4) is 0 Å². The van der Waals surface area contributed by atoms with Crippen LogP contribution in [-0.4, -0.2) is 25.8 Å². The van der Waals surface area contributed by atoms with Gasteiger partial charge in [-0.15, -0.1) is 0 Å². The minimum atomic E-state index is 0.839. The predicted molar refractivity (Wildman–Crippen MR) is 49.2 cm³/mol. The van der Waals surface area contributed by atoms with E-state index >= 15 is 0 Å². The second-order valence-corrected chi connectivity index (χ2v) is 4.26. The number of methoxy groups -OCH3 is 1. The third-order valence-electron chi connectivity index (χ3n) is 3.30. The summed E-state index contributed by atoms with van der Waals surface area (Å²) >= 11 is 0. The van der Waals surface area contributed by atoms with Gasteiger partial charge in [0.1, 0.15) is 0 Å². The van der Waals surface area contributed by atoms with Crippen molar-refractivity contribution < 1.29 is 4.74 Å². The highest BCUT2D eigenvalue weighted by atomic mass is 16.5. The van der Waals surface area contributed by atoms with Crippen molar-refractivity contribution in [3.63, 3.8) is 0 Å². The maximum atomic E-state index is 5.12. The van der Waals surface area contributed by atoms with E-state index in [1.165, 1.54) is 32.1 Å². The SMILES string of the molecule is COCCC1C[C@H]2CC[C@@H](C1)N2. The fourth-order valence-electron chi connectivity index (χ4n) is 2.70. The van der Waals surface area contributed by atoms with Crippen LogP contribution in [0.2, 0.25) is 0 Å². The molecule has 1 unspecified atom stereocenters. The Morgan fingerprint density at radius 1 is 1.25 bits per heavy atom. The Morgan fingerprint density at radius 3 is 2.50 bits per heavy atom. The first-order valence-electron chi connectivity index (χ1n) is 5.13. The number of rotatable bonds is 3. The molecule has 0 aliphatic carbocycles. The topological polar surface area (TPSA) is 21.3 Å². The highest BCUT2D eigenvalue weighted by Crippen LogP contribution is 2.32. The van der Waals surface area contributed by atoms with Crippen molar-refractivity contribution in [3.05, 3.63) is 0 Å². The van der Waals surface area contributed by atoms with Crippen molar-refractivity contribution in [2.24, 2.45) is 5.92 Å². The van der Waals surface area contributed by atoms with Crippen LogP contribution in [0, 0.1) is 5.92 Å². The number of nitrogens with one attached hydrogen (secondary N) is 1. The van der Waals surface area contributed by atoms with E-state index in [1.807, 2.05) is 0 Å². The van der Waals surface area contributed by atoms with Crippen molar-refractivity contribution >= 4 is 0 Å². The van der Waals surface area contributed by atoms with Crippen LogP contribution in [0.15, 0.2) is 0 Å². The van der Waals surface area contributed by atoms with Crippen molar-refractivity contribution in [2.75, 3.05) is 13.7 Å². The normalized spacial score (nSPS) is 40.2. The third kappa shape index (κ3) is 1.80. The van der Waals surface area contributed by atoms with Crippen LogP contribution in [0.5, 0.6) is 0 Å². The van der Waals surface area contributed by atoms with Crippen LogP contribution in [0.1, 0.15) is 32.1 Å². The van der Waals surface area contributed by atoms with E-state index in [2.05, 4.69) is 5.32 Å². The lowest BCUT2D eigenvalue weighted by molar-refractivity contribution is 0.159. The fraction of sp³-hybridized carbons (Fsp3) is 1.00. The lowest BCUT2D eigenvalue weighted by atomic mass is 9.90. The Balaban J connectivity index is 1.78. The smallest absolute Gasteiger partial charge is 0.0464 e. The average molecular weight is 169 g/mol. The second-order valence-electron chi connectivity index (χ2n) is 4.26. The molecule has 70 valence electrons. The molecule has 0 spiro atoms. The van der Waals surface area contributed by atoms with Crippen LogP contribution in [0.3, 0.4) is 0 Å². The molecule has 2 bridgehead atoms. The average Bonchev–Trinajstić information content (AvgIpc) is 2.42. The number of hydrogen-bond donors (Lipinski definition) is 1. The van der Waals surface area contributed by atoms with Crippen LogP contribution in [-0.2, 0) is 4.74 Å². The lowest BCUT2D eigenvalue weighted by Gasteiger charge is -2.28. The summed E-state index contributed by atoms with van der Waals surface area (Å²) in [5, 5.41) is 3.66. The maximum absolute atomic E-state index is 5.12. The molecule has 2 saturated heterocycles. The van der Waals surface area contributed by atoms with E-state index in [-0.39, 0.29) is 0 Å². The first kappa shape index (κ1) is 8.52. The summed E-state index contributed by atoms with van der Waals surface area (Å²) in [4.78, 5) is 0. The molecule has 2 fully saturated rings. The Hall–Kier alpha value is -0.0800. The Morgan fingerprint density at radius 2 is 1.92 bits per heavy atom. The summed E-state index contributed by atoms with van der Waals surface area (Å²) in [5.74, 6) is 0.934. The van der Waals surface area contributed by atoms with Gasteiger partial charge < -0.3 is 10.1 Å². The Bertz CT molecular complexity index is 137. The zero-order chi connectivity index (χ0) is 8.39. The van der Waals surface area contributed by atoms with Crippen LogP contribution < -0.4 is 5.32 Å². The van der Waals surface area contributed by atoms with E-state index < -0.39 is 0 Å². The molecule has 3 atom stereocenters. The molecule has 0 saturated carbocycles. The lowest BCUT2D eigenvalue weighted by Crippen LogP contribution is -2.38. The van der Waals surface area contributed by atoms with Gasteiger partial charge in [0.2, 0.25) is 0 Å². The van der Waals surface area contributed by atoms with Gasteiger partial charge in [0.05, 0.1) is 0 Å². The van der Waals surface area contributed by atoms with Crippen molar-refractivity contribution in [1.29, 1.82) is 0 Å². The molecular formula is C10H19NO. The van der Waals surface area contributed by atoms with Gasteiger partial charge in [0.25, 0.3) is 0 Å². The summed E-state index contributed by atoms with van der Waals surface area (Å²) in [6, 6.07) is 1.68. The van der Waals surface area contributed by atoms with E-state index in [9.17, 15) is 0 Å². The predicted octanol–water partition coefficient (Wildman–Crippen LogP) is 1.55. The zero-order valence-corrected chi connectivity index (χ0v) is 7.88. The monoisotopic (exact) mass is 169 g/mol. The quantitative estimate of drug-likeness (QED) is 0.692. The molecule has 2 heteroatoms. The first-order valence-corrected chi connectivity index (χ1v) is 5.13. The molecule has 2 rings (SSSR count). The van der Waals surface area contributed by atoms with Gasteiger partial charge in [-0.3, -0.25) is 0 Å². The largest absolute Gasteiger partial charge is 0.385 e. The number of ether oxygens (including phenoxy) is 1. The molecule has 0 amide bonds. The van der Waals surface area contributed by atoms with Gasteiger partial charge in [0.15, 0.2) is 0 Å². The molecule has 2 aliphatic rings. The minimum Gasteiger partial charge on any atom is -0.385 e. The fourth-order valence-corrected chi connectivity index (χ4v) is 2.70. The molecule has 0 radical (unpaired) electrons. The van der Waals surface area contributed by atoms with Gasteiger partial charge in [-0.05, 0) is 38.0 Å². The number of fused-ring (bicyclic) bond motifs is 2. The standard InChI is InChI=1S/C10H19NO/c1-12-5-4-8-6-9-2-3-10(7-8)11-9/h8-11H,2-7H2,1H3/t8?,9-,10+. The van der Waals surface area contributed by atoms with Crippen molar-refractivity contribution in [2.45, 2.75) is 44.2 Å². The van der Waals surface area contributed by atoms with Gasteiger partial charge in [-0.1, -0.05) is 0 Å². The maximum Gasteiger partial charge on any atom is 0.0464 e. The summed E-state index contributed by atoms with van der Waals surface area (Å²) in [7, 11) is 1.80. The molecule has 2 aliphatic heterocycles. The van der Waals surface area contributed by atoms with Gasteiger partial charge in [-0.2, -0.15) is 0 Å². The van der Waals surface area contributed by atoms with Crippen LogP contribution in [0.25, 0.3) is 0 Å². The summed E-state index contributed by atoms with van der Waals surface area (Å²) in [5.41, 5.74) is 0. The molecule has 0 aromatic carbocycles. The molecule has 2 nitrogen and oxygen atoms in total. The van der Waals surface area contributed by atoms with Crippen LogP contribution in [0.4, 0.5) is 0 Å². The van der Waals surface area contributed by atoms with E-state index in [0.29, 0.717) is 0 Å². The molecule has 1 N–H and O–H groups in total. The van der Waals surface area contributed by atoms with Gasteiger partial charge >= 0.3 is 0 Å². The molecule has 0 aromatic rings. The highest BCUT2D eigenvalue weighted by Gasteiger charge is 2.32. The van der Waals surface area contributed by atoms with E-state index in [4.69, 9.17) is 4.74 Å².